The number of aromatic nitrogens is 4. The summed E-state index contributed by atoms with van der Waals surface area (Å²) < 4.78 is 31.3. The number of nitrogens with two attached hydrogens (primary N) is 1. The fourth-order valence-electron chi connectivity index (χ4n) is 4.35. The predicted molar refractivity (Wildman–Crippen MR) is 136 cm³/mol. The van der Waals surface area contributed by atoms with Gasteiger partial charge in [-0.15, -0.1) is 5.10 Å². The Morgan fingerprint density at radius 2 is 2.00 bits per heavy atom. The van der Waals surface area contributed by atoms with Gasteiger partial charge in [0.05, 0.1) is 35.3 Å². The number of amides is 1. The summed E-state index contributed by atoms with van der Waals surface area (Å²) in [4.78, 5) is 20.3. The molecule has 0 aliphatic carbocycles. The van der Waals surface area contributed by atoms with E-state index in [1.807, 2.05) is 19.1 Å². The number of imidazole rings is 1. The second kappa shape index (κ2) is 9.57. The highest BCUT2D eigenvalue weighted by atomic mass is 32.2. The van der Waals surface area contributed by atoms with E-state index < -0.39 is 15.7 Å². The minimum Gasteiger partial charge on any atom is -0.436 e. The summed E-state index contributed by atoms with van der Waals surface area (Å²) in [5.74, 6) is 1.07. The standard InChI is InChI=1S/C25H26N6O4S/c1-16-11-18(4-5-20(16)24(26)32)22-15-29-25-21(28-13-17-6-9-36(33,34)10-7-17)12-23(30-31(22)25)35-19-3-2-8-27-14-19/h2-5,8,11-12,14-15,17,28H,6-7,9-10,13H2,1H3,(H2,26,32). The molecule has 3 aromatic heterocycles. The third-order valence-corrected chi connectivity index (χ3v) is 8.06. The Kier molecular flexibility index (Phi) is 6.31. The molecule has 186 valence electrons. The second-order valence-electron chi connectivity index (χ2n) is 8.94. The Balaban J connectivity index is 1.51. The molecule has 1 aliphatic rings. The van der Waals surface area contributed by atoms with E-state index in [4.69, 9.17) is 10.5 Å². The van der Waals surface area contributed by atoms with Gasteiger partial charge >= 0.3 is 0 Å². The quantitative estimate of drug-likeness (QED) is 0.389. The number of ether oxygens (including phenoxy) is 1. The molecule has 0 saturated carbocycles. The lowest BCUT2D eigenvalue weighted by molar-refractivity contribution is 0.0999. The number of pyridine rings is 1. The minimum atomic E-state index is -2.92. The molecule has 0 unspecified atom stereocenters. The topological polar surface area (TPSA) is 142 Å². The van der Waals surface area contributed by atoms with Crippen LogP contribution in [0.5, 0.6) is 11.6 Å². The third kappa shape index (κ3) is 5.01. The van der Waals surface area contributed by atoms with Crippen LogP contribution in [-0.2, 0) is 9.84 Å². The summed E-state index contributed by atoms with van der Waals surface area (Å²) in [7, 11) is -2.92. The number of sulfone groups is 1. The number of rotatable bonds is 7. The Morgan fingerprint density at radius 1 is 1.19 bits per heavy atom. The van der Waals surface area contributed by atoms with E-state index in [0.717, 1.165) is 11.1 Å². The third-order valence-electron chi connectivity index (χ3n) is 6.35. The van der Waals surface area contributed by atoms with Crippen molar-refractivity contribution >= 4 is 27.1 Å². The molecule has 4 heterocycles. The van der Waals surface area contributed by atoms with Crippen molar-refractivity contribution in [2.45, 2.75) is 19.8 Å². The van der Waals surface area contributed by atoms with Crippen molar-refractivity contribution in [2.24, 2.45) is 11.7 Å². The fraction of sp³-hybridized carbons (Fsp3) is 0.280. The lowest BCUT2D eigenvalue weighted by Gasteiger charge is -2.22. The highest BCUT2D eigenvalue weighted by Crippen LogP contribution is 2.30. The van der Waals surface area contributed by atoms with Crippen molar-refractivity contribution in [3.05, 3.63) is 66.1 Å². The van der Waals surface area contributed by atoms with Gasteiger partial charge in [0.15, 0.2) is 5.65 Å². The number of fused-ring (bicyclic) bond motifs is 1. The predicted octanol–water partition coefficient (Wildman–Crippen LogP) is 3.23. The summed E-state index contributed by atoms with van der Waals surface area (Å²) in [6.45, 7) is 2.44. The maximum absolute atomic E-state index is 11.8. The Bertz CT molecular complexity index is 1520. The number of primary amides is 1. The zero-order valence-electron chi connectivity index (χ0n) is 19.7. The highest BCUT2D eigenvalue weighted by molar-refractivity contribution is 7.91. The molecule has 11 heteroatoms. The van der Waals surface area contributed by atoms with Crippen LogP contribution >= 0.6 is 0 Å². The van der Waals surface area contributed by atoms with Gasteiger partial charge in [0.25, 0.3) is 0 Å². The summed E-state index contributed by atoms with van der Waals surface area (Å²) in [5, 5.41) is 8.10. The van der Waals surface area contributed by atoms with Crippen molar-refractivity contribution in [1.29, 1.82) is 0 Å². The van der Waals surface area contributed by atoms with Gasteiger partial charge < -0.3 is 15.8 Å². The molecular weight excluding hydrogens is 480 g/mol. The number of anilines is 1. The van der Waals surface area contributed by atoms with Crippen LogP contribution in [-0.4, -0.2) is 52.0 Å². The number of hydrogen-bond acceptors (Lipinski definition) is 8. The van der Waals surface area contributed by atoms with E-state index >= 15 is 0 Å². The van der Waals surface area contributed by atoms with Crippen LogP contribution in [0.1, 0.15) is 28.8 Å². The normalized spacial score (nSPS) is 15.6. The SMILES string of the molecule is Cc1cc(-c2cnc3c(NCC4CCS(=O)(=O)CC4)cc(Oc4cccnc4)nn23)ccc1C(N)=O. The van der Waals surface area contributed by atoms with Crippen molar-refractivity contribution in [1.82, 2.24) is 19.6 Å². The molecule has 0 radical (unpaired) electrons. The van der Waals surface area contributed by atoms with E-state index in [9.17, 15) is 13.2 Å². The summed E-state index contributed by atoms with van der Waals surface area (Å²) in [6.07, 6.45) is 6.23. The number of carbonyl (C=O) groups excluding carboxylic acids is 1. The molecule has 0 bridgehead atoms. The first-order valence-corrected chi connectivity index (χ1v) is 13.4. The molecule has 36 heavy (non-hydrogen) atoms. The molecular formula is C25H26N6O4S. The van der Waals surface area contributed by atoms with Gasteiger partial charge in [-0.1, -0.05) is 6.07 Å². The molecule has 10 nitrogen and oxygen atoms in total. The summed E-state index contributed by atoms with van der Waals surface area (Å²) >= 11 is 0. The number of nitrogens with zero attached hydrogens (tertiary/aromatic N) is 4. The zero-order chi connectivity index (χ0) is 25.3. The second-order valence-corrected chi connectivity index (χ2v) is 11.2. The average Bonchev–Trinajstić information content (AvgIpc) is 3.28. The largest absolute Gasteiger partial charge is 0.436 e. The van der Waals surface area contributed by atoms with E-state index in [-0.39, 0.29) is 17.4 Å². The monoisotopic (exact) mass is 506 g/mol. The van der Waals surface area contributed by atoms with Crippen LogP contribution < -0.4 is 15.8 Å². The van der Waals surface area contributed by atoms with Gasteiger partial charge in [-0.05, 0) is 55.5 Å². The first-order chi connectivity index (χ1) is 17.3. The fourth-order valence-corrected chi connectivity index (χ4v) is 5.94. The van der Waals surface area contributed by atoms with Crippen LogP contribution in [0.4, 0.5) is 5.69 Å². The van der Waals surface area contributed by atoms with Gasteiger partial charge in [-0.2, -0.15) is 0 Å². The summed E-state index contributed by atoms with van der Waals surface area (Å²) in [6, 6.07) is 10.7. The maximum atomic E-state index is 11.8. The van der Waals surface area contributed by atoms with Crippen LogP contribution in [0.15, 0.2) is 55.0 Å². The van der Waals surface area contributed by atoms with Crippen LogP contribution in [0.3, 0.4) is 0 Å². The van der Waals surface area contributed by atoms with E-state index in [1.54, 1.807) is 47.4 Å². The van der Waals surface area contributed by atoms with Crippen LogP contribution in [0.2, 0.25) is 0 Å². The van der Waals surface area contributed by atoms with Crippen LogP contribution in [0, 0.1) is 12.8 Å². The lowest BCUT2D eigenvalue weighted by atomic mass is 10.0. The average molecular weight is 507 g/mol. The smallest absolute Gasteiger partial charge is 0.248 e. The molecule has 1 amide bonds. The first kappa shape index (κ1) is 23.7. The van der Waals surface area contributed by atoms with E-state index in [0.29, 0.717) is 53.6 Å². The molecule has 1 fully saturated rings. The molecule has 0 spiro atoms. The molecule has 0 atom stereocenters. The maximum Gasteiger partial charge on any atom is 0.248 e. The van der Waals surface area contributed by atoms with Gasteiger partial charge in [-0.3, -0.25) is 9.78 Å². The Morgan fingerprint density at radius 3 is 2.69 bits per heavy atom. The Hall–Kier alpha value is -3.99. The molecule has 1 saturated heterocycles. The van der Waals surface area contributed by atoms with Crippen molar-refractivity contribution in [3.63, 3.8) is 0 Å². The van der Waals surface area contributed by atoms with Gasteiger partial charge in [0, 0.05) is 29.9 Å². The summed E-state index contributed by atoms with van der Waals surface area (Å²) in [5.41, 5.74) is 9.53. The Labute approximate surface area is 208 Å². The minimum absolute atomic E-state index is 0.217. The van der Waals surface area contributed by atoms with E-state index in [1.165, 1.54) is 0 Å². The van der Waals surface area contributed by atoms with Gasteiger partial charge in [0.2, 0.25) is 11.8 Å². The van der Waals surface area contributed by atoms with Crippen LogP contribution in [0.25, 0.3) is 16.9 Å². The first-order valence-electron chi connectivity index (χ1n) is 11.6. The number of carbonyl (C=O) groups is 1. The van der Waals surface area contributed by atoms with E-state index in [2.05, 4.69) is 20.4 Å². The zero-order valence-corrected chi connectivity index (χ0v) is 20.5. The lowest BCUT2D eigenvalue weighted by Crippen LogP contribution is -2.27. The molecule has 1 aromatic carbocycles. The molecule has 3 N–H and O–H groups in total. The highest BCUT2D eigenvalue weighted by Gasteiger charge is 2.24. The number of nitrogens with one attached hydrogen (secondary N) is 1. The molecule has 5 rings (SSSR count). The number of hydrogen-bond donors (Lipinski definition) is 2. The number of aryl methyl sites for hydroxylation is 1. The number of benzene rings is 1. The van der Waals surface area contributed by atoms with Crippen molar-refractivity contribution < 1.29 is 17.9 Å². The van der Waals surface area contributed by atoms with Crippen molar-refractivity contribution in [3.8, 4) is 22.9 Å². The van der Waals surface area contributed by atoms with Crippen molar-refractivity contribution in [2.75, 3.05) is 23.4 Å². The molecule has 1 aliphatic heterocycles. The van der Waals surface area contributed by atoms with Gasteiger partial charge in [0.1, 0.15) is 15.6 Å². The molecule has 4 aromatic rings. The van der Waals surface area contributed by atoms with Gasteiger partial charge in [-0.25, -0.2) is 17.9 Å².